The summed E-state index contributed by atoms with van der Waals surface area (Å²) in [5.74, 6) is 2.19. The zero-order valence-electron chi connectivity index (χ0n) is 16.4. The van der Waals surface area contributed by atoms with Crippen molar-refractivity contribution in [2.24, 2.45) is 7.05 Å². The number of nitrogens with zero attached hydrogens (tertiary/aromatic N) is 4. The summed E-state index contributed by atoms with van der Waals surface area (Å²) in [6.07, 6.45) is 6.03. The summed E-state index contributed by atoms with van der Waals surface area (Å²) in [6, 6.07) is 8.15. The van der Waals surface area contributed by atoms with Gasteiger partial charge in [0.15, 0.2) is 11.0 Å². The van der Waals surface area contributed by atoms with Crippen molar-refractivity contribution in [2.45, 2.75) is 50.2 Å². The van der Waals surface area contributed by atoms with Gasteiger partial charge in [0, 0.05) is 25.2 Å². The molecule has 0 unspecified atom stereocenters. The molecule has 0 aliphatic heterocycles. The SMILES string of the molecule is CCN(C(=O)CSc1nnc(-c2ccc(OC)cc2)n1C)C1CCCCC1. The molecule has 2 aromatic rings. The van der Waals surface area contributed by atoms with Gasteiger partial charge in [-0.1, -0.05) is 31.0 Å². The number of carbonyl (C=O) groups is 1. The Hall–Kier alpha value is -2.02. The Kier molecular flexibility index (Phi) is 6.77. The number of hydrogen-bond acceptors (Lipinski definition) is 5. The van der Waals surface area contributed by atoms with Crippen molar-refractivity contribution >= 4 is 17.7 Å². The lowest BCUT2D eigenvalue weighted by Crippen LogP contribution is -2.42. The number of benzene rings is 1. The fourth-order valence-corrected chi connectivity index (χ4v) is 4.47. The molecule has 7 heteroatoms. The van der Waals surface area contributed by atoms with Gasteiger partial charge >= 0.3 is 0 Å². The van der Waals surface area contributed by atoms with Crippen LogP contribution in [0.4, 0.5) is 0 Å². The molecule has 146 valence electrons. The van der Waals surface area contributed by atoms with Crippen LogP contribution in [0.5, 0.6) is 5.75 Å². The molecule has 27 heavy (non-hydrogen) atoms. The molecule has 0 bridgehead atoms. The maximum atomic E-state index is 12.7. The summed E-state index contributed by atoms with van der Waals surface area (Å²) >= 11 is 1.46. The van der Waals surface area contributed by atoms with Gasteiger partial charge in [0.1, 0.15) is 5.75 Å². The molecule has 1 aromatic carbocycles. The van der Waals surface area contributed by atoms with Crippen LogP contribution < -0.4 is 4.74 Å². The first-order valence-corrected chi connectivity index (χ1v) is 10.6. The van der Waals surface area contributed by atoms with Crippen LogP contribution in [0, 0.1) is 0 Å². The lowest BCUT2D eigenvalue weighted by molar-refractivity contribution is -0.131. The van der Waals surface area contributed by atoms with Gasteiger partial charge in [-0.15, -0.1) is 10.2 Å². The van der Waals surface area contributed by atoms with E-state index in [0.717, 1.165) is 41.7 Å². The molecule has 0 spiro atoms. The van der Waals surface area contributed by atoms with Crippen LogP contribution in [0.15, 0.2) is 29.4 Å². The average Bonchev–Trinajstić information content (AvgIpc) is 3.08. The molecule has 0 atom stereocenters. The molecule has 1 saturated carbocycles. The molecular weight excluding hydrogens is 360 g/mol. The van der Waals surface area contributed by atoms with E-state index in [1.165, 1.54) is 31.0 Å². The predicted molar refractivity (Wildman–Crippen MR) is 108 cm³/mol. The maximum absolute atomic E-state index is 12.7. The minimum Gasteiger partial charge on any atom is -0.497 e. The van der Waals surface area contributed by atoms with E-state index < -0.39 is 0 Å². The number of thioether (sulfide) groups is 1. The van der Waals surface area contributed by atoms with Crippen LogP contribution in [0.25, 0.3) is 11.4 Å². The Morgan fingerprint density at radius 2 is 1.93 bits per heavy atom. The third-order valence-electron chi connectivity index (χ3n) is 5.18. The summed E-state index contributed by atoms with van der Waals surface area (Å²) in [4.78, 5) is 14.8. The number of ether oxygens (including phenoxy) is 1. The summed E-state index contributed by atoms with van der Waals surface area (Å²) in [7, 11) is 3.58. The van der Waals surface area contributed by atoms with Crippen LogP contribution in [0.1, 0.15) is 39.0 Å². The third-order valence-corrected chi connectivity index (χ3v) is 6.19. The van der Waals surface area contributed by atoms with E-state index >= 15 is 0 Å². The van der Waals surface area contributed by atoms with E-state index in [1.54, 1.807) is 7.11 Å². The van der Waals surface area contributed by atoms with Crippen LogP contribution in [0.3, 0.4) is 0 Å². The van der Waals surface area contributed by atoms with Crippen LogP contribution in [-0.2, 0) is 11.8 Å². The lowest BCUT2D eigenvalue weighted by Gasteiger charge is -2.33. The molecule has 1 heterocycles. The molecule has 0 saturated heterocycles. The van der Waals surface area contributed by atoms with Crippen LogP contribution in [0.2, 0.25) is 0 Å². The quantitative estimate of drug-likeness (QED) is 0.676. The van der Waals surface area contributed by atoms with Crippen molar-refractivity contribution in [1.82, 2.24) is 19.7 Å². The van der Waals surface area contributed by atoms with Gasteiger partial charge in [-0.3, -0.25) is 4.79 Å². The van der Waals surface area contributed by atoms with E-state index in [-0.39, 0.29) is 5.91 Å². The summed E-state index contributed by atoms with van der Waals surface area (Å²) in [5.41, 5.74) is 0.973. The molecule has 1 aliphatic rings. The number of aromatic nitrogens is 3. The largest absolute Gasteiger partial charge is 0.497 e. The Balaban J connectivity index is 1.63. The van der Waals surface area contributed by atoms with Gasteiger partial charge in [-0.25, -0.2) is 0 Å². The summed E-state index contributed by atoms with van der Waals surface area (Å²) in [6.45, 7) is 2.85. The molecule has 0 radical (unpaired) electrons. The first-order chi connectivity index (χ1) is 13.1. The second kappa shape index (κ2) is 9.26. The zero-order chi connectivity index (χ0) is 19.2. The fourth-order valence-electron chi connectivity index (χ4n) is 3.67. The Morgan fingerprint density at radius 1 is 1.22 bits per heavy atom. The van der Waals surface area contributed by atoms with Gasteiger partial charge < -0.3 is 14.2 Å². The van der Waals surface area contributed by atoms with E-state index in [4.69, 9.17) is 4.74 Å². The number of carbonyl (C=O) groups excluding carboxylic acids is 1. The normalized spacial score (nSPS) is 14.9. The Labute approximate surface area is 165 Å². The third kappa shape index (κ3) is 4.64. The van der Waals surface area contributed by atoms with E-state index in [0.29, 0.717) is 11.8 Å². The highest BCUT2D eigenvalue weighted by atomic mass is 32.2. The molecule has 1 fully saturated rings. The lowest BCUT2D eigenvalue weighted by atomic mass is 9.94. The summed E-state index contributed by atoms with van der Waals surface area (Å²) in [5, 5.41) is 9.34. The van der Waals surface area contributed by atoms with E-state index in [2.05, 4.69) is 17.1 Å². The van der Waals surface area contributed by atoms with Gasteiger partial charge in [0.25, 0.3) is 0 Å². The second-order valence-electron chi connectivity index (χ2n) is 6.85. The minimum absolute atomic E-state index is 0.198. The van der Waals surface area contributed by atoms with Gasteiger partial charge in [-0.05, 0) is 44.0 Å². The average molecular weight is 389 g/mol. The van der Waals surface area contributed by atoms with Gasteiger partial charge in [0.2, 0.25) is 5.91 Å². The standard InChI is InChI=1S/C20H28N4O2S/c1-4-24(16-8-6-5-7-9-16)18(25)14-27-20-22-21-19(23(20)2)15-10-12-17(26-3)13-11-15/h10-13,16H,4-9,14H2,1-3H3. The van der Waals surface area contributed by atoms with Crippen LogP contribution >= 0.6 is 11.8 Å². The van der Waals surface area contributed by atoms with Crippen LogP contribution in [-0.4, -0.2) is 51.0 Å². The van der Waals surface area contributed by atoms with Gasteiger partial charge in [0.05, 0.1) is 12.9 Å². The smallest absolute Gasteiger partial charge is 0.233 e. The summed E-state index contributed by atoms with van der Waals surface area (Å²) < 4.78 is 7.14. The van der Waals surface area contributed by atoms with Crippen molar-refractivity contribution in [1.29, 1.82) is 0 Å². The zero-order valence-corrected chi connectivity index (χ0v) is 17.2. The highest BCUT2D eigenvalue weighted by Crippen LogP contribution is 2.26. The molecule has 3 rings (SSSR count). The molecule has 1 amide bonds. The topological polar surface area (TPSA) is 60.3 Å². The predicted octanol–water partition coefficient (Wildman–Crippen LogP) is 3.76. The van der Waals surface area contributed by atoms with Crippen molar-refractivity contribution in [3.63, 3.8) is 0 Å². The second-order valence-corrected chi connectivity index (χ2v) is 7.80. The molecule has 1 aliphatic carbocycles. The number of amides is 1. The van der Waals surface area contributed by atoms with Crippen molar-refractivity contribution in [3.05, 3.63) is 24.3 Å². The fraction of sp³-hybridized carbons (Fsp3) is 0.550. The number of rotatable bonds is 7. The van der Waals surface area contributed by atoms with E-state index in [1.807, 2.05) is 40.8 Å². The van der Waals surface area contributed by atoms with Crippen molar-refractivity contribution < 1.29 is 9.53 Å². The first kappa shape index (κ1) is 19.7. The number of hydrogen-bond donors (Lipinski definition) is 0. The molecular formula is C20H28N4O2S. The number of methoxy groups -OCH3 is 1. The molecule has 6 nitrogen and oxygen atoms in total. The monoisotopic (exact) mass is 388 g/mol. The maximum Gasteiger partial charge on any atom is 0.233 e. The Morgan fingerprint density at radius 3 is 2.56 bits per heavy atom. The molecule has 1 aromatic heterocycles. The van der Waals surface area contributed by atoms with E-state index in [9.17, 15) is 4.79 Å². The van der Waals surface area contributed by atoms with Crippen molar-refractivity contribution in [3.8, 4) is 17.1 Å². The molecule has 0 N–H and O–H groups in total. The minimum atomic E-state index is 0.198. The highest BCUT2D eigenvalue weighted by molar-refractivity contribution is 7.99. The Bertz CT molecular complexity index is 754. The van der Waals surface area contributed by atoms with Crippen molar-refractivity contribution in [2.75, 3.05) is 19.4 Å². The van der Waals surface area contributed by atoms with Gasteiger partial charge in [-0.2, -0.15) is 0 Å². The highest BCUT2D eigenvalue weighted by Gasteiger charge is 2.24. The first-order valence-electron chi connectivity index (χ1n) is 9.60.